The molecule has 0 saturated carbocycles. The van der Waals surface area contributed by atoms with Gasteiger partial charge in [0.15, 0.2) is 157 Å². The highest BCUT2D eigenvalue weighted by molar-refractivity contribution is 6.12. The van der Waals surface area contributed by atoms with Crippen LogP contribution in [0.1, 0.15) is 104 Å². The summed E-state index contributed by atoms with van der Waals surface area (Å²) in [5.74, 6) is -68.4. The van der Waals surface area contributed by atoms with Crippen molar-refractivity contribution in [1.82, 2.24) is 0 Å². The van der Waals surface area contributed by atoms with Crippen molar-refractivity contribution in [3.05, 3.63) is 134 Å². The molecule has 10 atom stereocenters. The Morgan fingerprint density at radius 2 is 0.530 bits per heavy atom. The summed E-state index contributed by atoms with van der Waals surface area (Å²) in [6.07, 6.45) is -28.8. The molecule has 0 unspecified atom stereocenters. The lowest BCUT2D eigenvalue weighted by Gasteiger charge is -2.44. The van der Waals surface area contributed by atoms with Crippen molar-refractivity contribution in [3.8, 4) is 212 Å². The fraction of sp³-hybridized carbons (Fsp3) is 0.146. The molecule has 134 heavy (non-hydrogen) atoms. The van der Waals surface area contributed by atoms with Crippen LogP contribution < -0.4 is 4.74 Å². The van der Waals surface area contributed by atoms with Crippen LogP contribution in [0.2, 0.25) is 0 Å². The second-order valence-corrected chi connectivity index (χ2v) is 29.0. The highest BCUT2D eigenvalue weighted by Crippen LogP contribution is 2.60. The molecule has 2 saturated heterocycles. The quantitative estimate of drug-likeness (QED) is 0.0527. The third-order valence-electron chi connectivity index (χ3n) is 21.0. The molecule has 5 heterocycles. The molecule has 2 fully saturated rings. The van der Waals surface area contributed by atoms with E-state index in [-0.39, 0.29) is 30.3 Å². The van der Waals surface area contributed by atoms with Gasteiger partial charge < -0.3 is 210 Å². The van der Waals surface area contributed by atoms with Gasteiger partial charge in [0.25, 0.3) is 0 Å². The zero-order chi connectivity index (χ0) is 97.5. The minimum absolute atomic E-state index is 0.0348. The normalized spacial score (nSPS) is 19.6. The first-order valence-electron chi connectivity index (χ1n) is 37.1. The number of rotatable bonds is 10. The predicted molar refractivity (Wildman–Crippen MR) is 414 cm³/mol. The van der Waals surface area contributed by atoms with Crippen LogP contribution in [0.5, 0.6) is 178 Å². The molecule has 0 bridgehead atoms. The maximum absolute atomic E-state index is 15.8. The number of esters is 10. The number of carbonyl (C=O) groups excluding carboxylic acids is 10. The number of cyclic esters (lactones) is 2. The molecule has 5 aliphatic rings. The van der Waals surface area contributed by atoms with Crippen LogP contribution in [0.3, 0.4) is 0 Å². The van der Waals surface area contributed by atoms with Crippen molar-refractivity contribution < 1.29 is 258 Å². The molecule has 52 nitrogen and oxygen atoms in total. The first kappa shape index (κ1) is 89.6. The number of phenols is 29. The third kappa shape index (κ3) is 15.0. The Balaban J connectivity index is 0.890. The summed E-state index contributed by atoms with van der Waals surface area (Å²) in [5.41, 5.74) is -21.0. The number of fused-ring (bicyclic) bond motifs is 12. The monoisotopic (exact) mass is 1870 g/mol. The Labute approximate surface area is 735 Å². The van der Waals surface area contributed by atoms with Crippen LogP contribution in [0.25, 0.3) is 33.4 Å². The largest absolute Gasteiger partial charge is 0.504 e. The van der Waals surface area contributed by atoms with E-state index >= 15 is 24.0 Å². The third-order valence-corrected chi connectivity index (χ3v) is 21.0. The molecule has 15 rings (SSSR count). The summed E-state index contributed by atoms with van der Waals surface area (Å²) in [6.45, 7) is -3.09. The molecular weight excluding hydrogens is 1820 g/mol. The molecule has 696 valence electrons. The van der Waals surface area contributed by atoms with Crippen LogP contribution in [0.15, 0.2) is 78.9 Å². The van der Waals surface area contributed by atoms with Gasteiger partial charge in [0, 0.05) is 45.5 Å². The van der Waals surface area contributed by atoms with Gasteiger partial charge in [-0.2, -0.15) is 0 Å². The number of phenolic OH excluding ortho intramolecular Hbond substituents is 29. The van der Waals surface area contributed by atoms with Crippen molar-refractivity contribution in [1.29, 1.82) is 0 Å². The summed E-state index contributed by atoms with van der Waals surface area (Å²) in [6, 6.07) is 3.70. The van der Waals surface area contributed by atoms with Crippen molar-refractivity contribution in [2.45, 2.75) is 61.4 Å². The van der Waals surface area contributed by atoms with E-state index in [1.807, 2.05) is 0 Å². The molecule has 0 spiro atoms. The zero-order valence-electron chi connectivity index (χ0n) is 65.6. The number of ether oxygens (including phenoxy) is 13. The molecule has 5 aliphatic heterocycles. The van der Waals surface area contributed by atoms with Crippen molar-refractivity contribution in [2.75, 3.05) is 13.2 Å². The Hall–Kier alpha value is -19.2. The lowest BCUT2D eigenvalue weighted by Crippen LogP contribution is -2.63. The Kier molecular flexibility index (Phi) is 22.0. The maximum Gasteiger partial charge on any atom is 0.342 e. The second kappa shape index (κ2) is 32.9. The van der Waals surface area contributed by atoms with Gasteiger partial charge in [0.1, 0.15) is 31.0 Å². The van der Waals surface area contributed by atoms with Crippen LogP contribution >= 0.6 is 0 Å². The molecule has 0 aliphatic carbocycles. The van der Waals surface area contributed by atoms with Crippen LogP contribution in [0, 0.1) is 0 Å². The molecular formula is C82H56O52. The van der Waals surface area contributed by atoms with Gasteiger partial charge in [0.2, 0.25) is 70.8 Å². The summed E-state index contributed by atoms with van der Waals surface area (Å²) in [7, 11) is 0. The van der Waals surface area contributed by atoms with Crippen LogP contribution in [-0.2, 0) is 56.8 Å². The van der Waals surface area contributed by atoms with Crippen molar-refractivity contribution in [2.24, 2.45) is 0 Å². The number of hydrogen-bond acceptors (Lipinski definition) is 52. The smallest absolute Gasteiger partial charge is 0.342 e. The molecule has 29 N–H and O–H groups in total. The van der Waals surface area contributed by atoms with E-state index in [9.17, 15) is 172 Å². The number of benzene rings is 10. The van der Waals surface area contributed by atoms with Gasteiger partial charge in [-0.3, -0.25) is 0 Å². The van der Waals surface area contributed by atoms with Gasteiger partial charge in [-0.1, -0.05) is 0 Å². The van der Waals surface area contributed by atoms with Crippen LogP contribution in [-0.4, -0.2) is 282 Å². The van der Waals surface area contributed by atoms with E-state index in [0.717, 1.165) is 0 Å². The Bertz CT molecular complexity index is 6800. The number of carbonyl (C=O) groups is 10. The van der Waals surface area contributed by atoms with E-state index in [0.29, 0.717) is 48.5 Å². The summed E-state index contributed by atoms with van der Waals surface area (Å²) >= 11 is 0. The fourth-order valence-corrected chi connectivity index (χ4v) is 14.5. The van der Waals surface area contributed by atoms with Crippen LogP contribution in [0.4, 0.5) is 0 Å². The molecule has 10 aromatic rings. The Morgan fingerprint density at radius 1 is 0.254 bits per heavy atom. The molecule has 0 amide bonds. The van der Waals surface area contributed by atoms with Gasteiger partial charge in [-0.15, -0.1) is 0 Å². The number of hydrogen-bond donors (Lipinski definition) is 29. The standard InChI is InChI=1S/C82H56O52/c83-26-1-16(2-27(84)47(26)95)71(112)129-67-65-39(14-122-74(115)19-7-32(89)50(98)57(105)41(19)43-21(76(117)127-65)9-34(91)52(100)59(43)107)125-81(133-73(114)18-5-30(87)49(97)31(88)6-18)69(67)132-80(121)25-12-37(94)55(103)63(111)64(25)124-38-13-24-46(62(110)56(38)104)45-23(11-36(93)54(102)61(45)109)79(120)134-82-70(131-78(24)119)68(130-72(113)17-3-28(85)48(96)29(86)4-17)66-40(126-82)15-123-75(116)20-8-33(90)51(99)58(106)42(20)44-22(77(118)128-66)10-35(92)53(101)60(44)108/h1-13,39-40,65-70,81-111H,14-15H2/t39-,40-,65+,66-,67+,68-,69+,70-,81-,82+/m0/s1. The summed E-state index contributed by atoms with van der Waals surface area (Å²) in [4.78, 5) is 150. The molecule has 52 heteroatoms. The van der Waals surface area contributed by atoms with Gasteiger partial charge in [-0.25, -0.2) is 47.9 Å². The van der Waals surface area contributed by atoms with Crippen molar-refractivity contribution >= 4 is 59.7 Å². The van der Waals surface area contributed by atoms with E-state index in [4.69, 9.17) is 61.6 Å². The number of aromatic hydroxyl groups is 29. The predicted octanol–water partition coefficient (Wildman–Crippen LogP) is 3.71. The van der Waals surface area contributed by atoms with E-state index < -0.39 is 402 Å². The second-order valence-electron chi connectivity index (χ2n) is 29.0. The zero-order valence-corrected chi connectivity index (χ0v) is 65.6. The van der Waals surface area contributed by atoms with Gasteiger partial charge in [-0.05, 0) is 66.7 Å². The van der Waals surface area contributed by atoms with Gasteiger partial charge in [0.05, 0.1) is 50.1 Å². The van der Waals surface area contributed by atoms with Crippen molar-refractivity contribution in [3.63, 3.8) is 0 Å². The average Bonchev–Trinajstić information content (AvgIpc) is 0.841. The van der Waals surface area contributed by atoms with E-state index in [1.165, 1.54) is 0 Å². The fourth-order valence-electron chi connectivity index (χ4n) is 14.5. The molecule has 0 radical (unpaired) electrons. The molecule has 10 aromatic carbocycles. The SMILES string of the molecule is O=C(O[C@@H]1O[C@H]2COC(=O)c3cc(O)c(O)c(O)c3-c3c(cc(O)c(O)c3O)C(=O)O[C@H]2[C@@H](OC(=O)c2cc(O)c(O)c(O)c2)[C@H]1OC(=O)c1cc(O)c(O)c(O)c1Oc1cc2c(c(O)c1O)-c1c(cc(O)c(O)c1O)C(=O)O[C@H]1O[C@H]3COC(=O)c4cc(O)c(O)c(O)c4-c4c(cc(O)c(O)c4O)C(=O)O[C@@H]3[C@H](OC(=O)c3cc(O)c(O)c(O)c3)[C@@H]1OC2=O)c1cc(O)c(O)c(O)c1. The first-order chi connectivity index (χ1) is 63.1. The van der Waals surface area contributed by atoms with Gasteiger partial charge >= 0.3 is 59.7 Å². The summed E-state index contributed by atoms with van der Waals surface area (Å²) in [5, 5.41) is 320. The highest BCUT2D eigenvalue weighted by atomic mass is 16.8. The minimum Gasteiger partial charge on any atom is -0.504 e. The highest BCUT2D eigenvalue weighted by Gasteiger charge is 2.59. The topological polar surface area (TPSA) is 877 Å². The van der Waals surface area contributed by atoms with E-state index in [1.54, 1.807) is 0 Å². The lowest BCUT2D eigenvalue weighted by atomic mass is 9.91. The average molecular weight is 1870 g/mol. The Morgan fingerprint density at radius 3 is 0.903 bits per heavy atom. The molecule has 0 aromatic heterocycles. The maximum atomic E-state index is 15.8. The minimum atomic E-state index is -3.16. The van der Waals surface area contributed by atoms with E-state index in [2.05, 4.69) is 0 Å². The first-order valence-corrected chi connectivity index (χ1v) is 37.1. The summed E-state index contributed by atoms with van der Waals surface area (Å²) < 4.78 is 74.7. The lowest BCUT2D eigenvalue weighted by molar-refractivity contribution is -0.283.